The van der Waals surface area contributed by atoms with Crippen LogP contribution in [-0.2, 0) is 0 Å². The van der Waals surface area contributed by atoms with E-state index in [1.807, 2.05) is 12.3 Å². The zero-order valence-corrected chi connectivity index (χ0v) is 10.1. The number of nitrogens with zero attached hydrogens (tertiary/aromatic N) is 3. The van der Waals surface area contributed by atoms with Gasteiger partial charge in [0.15, 0.2) is 0 Å². The van der Waals surface area contributed by atoms with Gasteiger partial charge in [-0.2, -0.15) is 0 Å². The second kappa shape index (κ2) is 3.74. The zero-order chi connectivity index (χ0) is 10.3. The van der Waals surface area contributed by atoms with Gasteiger partial charge >= 0.3 is 0 Å². The zero-order valence-electron chi connectivity index (χ0n) is 8.51. The number of fused-ring (bicyclic) bond motifs is 2. The van der Waals surface area contributed by atoms with Crippen molar-refractivity contribution in [3.05, 3.63) is 18.6 Å². The molecule has 0 saturated carbocycles. The average Bonchev–Trinajstić information content (AvgIpc) is 2.53. The van der Waals surface area contributed by atoms with Crippen molar-refractivity contribution >= 4 is 21.7 Å². The van der Waals surface area contributed by atoms with Gasteiger partial charge in [-0.05, 0) is 31.7 Å². The summed E-state index contributed by atoms with van der Waals surface area (Å²) >= 11 is 3.75. The van der Waals surface area contributed by atoms with Crippen molar-refractivity contribution < 1.29 is 0 Å². The van der Waals surface area contributed by atoms with Crippen molar-refractivity contribution in [3.63, 3.8) is 0 Å². The van der Waals surface area contributed by atoms with Crippen LogP contribution in [0.25, 0.3) is 0 Å². The van der Waals surface area contributed by atoms with Crippen molar-refractivity contribution in [3.8, 4) is 0 Å². The highest BCUT2D eigenvalue weighted by Crippen LogP contribution is 2.40. The standard InChI is InChI=1S/C11H14BrN3/c12-8-5-9-1-2-10(6-8)15(9)11-3-4-13-7-14-11/h3-4,7-10H,1-2,5-6H2. The third kappa shape index (κ3) is 1.65. The minimum absolute atomic E-state index is 0.683. The minimum Gasteiger partial charge on any atom is -0.350 e. The summed E-state index contributed by atoms with van der Waals surface area (Å²) in [6, 6.07) is 3.39. The predicted molar refractivity (Wildman–Crippen MR) is 63.3 cm³/mol. The van der Waals surface area contributed by atoms with Crippen LogP contribution in [0.4, 0.5) is 5.82 Å². The highest BCUT2D eigenvalue weighted by Gasteiger charge is 2.40. The van der Waals surface area contributed by atoms with E-state index in [-0.39, 0.29) is 0 Å². The molecule has 4 heteroatoms. The van der Waals surface area contributed by atoms with Crippen molar-refractivity contribution in [2.45, 2.75) is 42.6 Å². The summed E-state index contributed by atoms with van der Waals surface area (Å²) in [4.78, 5) is 11.5. The Morgan fingerprint density at radius 2 is 2.00 bits per heavy atom. The van der Waals surface area contributed by atoms with Crippen molar-refractivity contribution in [1.82, 2.24) is 9.97 Å². The molecule has 1 aromatic heterocycles. The lowest BCUT2D eigenvalue weighted by atomic mass is 10.0. The molecule has 80 valence electrons. The lowest BCUT2D eigenvalue weighted by Crippen LogP contribution is -2.43. The predicted octanol–water partition coefficient (Wildman–Crippen LogP) is 2.37. The molecular weight excluding hydrogens is 254 g/mol. The maximum Gasteiger partial charge on any atom is 0.132 e. The molecule has 3 heterocycles. The molecule has 2 aliphatic heterocycles. The quantitative estimate of drug-likeness (QED) is 0.732. The van der Waals surface area contributed by atoms with Crippen LogP contribution >= 0.6 is 15.9 Å². The Labute approximate surface area is 98.0 Å². The SMILES string of the molecule is BrC1CC2CCC(C1)N2c1ccncn1. The number of alkyl halides is 1. The third-order valence-corrected chi connectivity index (χ3v) is 4.25. The molecule has 3 nitrogen and oxygen atoms in total. The molecule has 15 heavy (non-hydrogen) atoms. The van der Waals surface area contributed by atoms with Gasteiger partial charge in [0.2, 0.25) is 0 Å². The van der Waals surface area contributed by atoms with Crippen LogP contribution in [0.15, 0.2) is 18.6 Å². The normalized spacial score (nSPS) is 34.5. The van der Waals surface area contributed by atoms with Crippen LogP contribution in [0.2, 0.25) is 0 Å². The highest BCUT2D eigenvalue weighted by molar-refractivity contribution is 9.09. The summed E-state index contributed by atoms with van der Waals surface area (Å²) in [5, 5.41) is 0. The van der Waals surface area contributed by atoms with E-state index in [4.69, 9.17) is 0 Å². The van der Waals surface area contributed by atoms with Crippen LogP contribution in [0.3, 0.4) is 0 Å². The topological polar surface area (TPSA) is 29.0 Å². The fraction of sp³-hybridized carbons (Fsp3) is 0.636. The fourth-order valence-corrected chi connectivity index (χ4v) is 3.78. The van der Waals surface area contributed by atoms with E-state index in [1.165, 1.54) is 25.7 Å². The van der Waals surface area contributed by atoms with Crippen LogP contribution in [-0.4, -0.2) is 26.9 Å². The molecule has 0 radical (unpaired) electrons. The first kappa shape index (κ1) is 9.58. The van der Waals surface area contributed by atoms with E-state index in [0.717, 1.165) is 5.82 Å². The molecule has 0 spiro atoms. The first-order valence-electron chi connectivity index (χ1n) is 5.53. The number of halogens is 1. The Kier molecular flexibility index (Phi) is 2.39. The molecule has 2 saturated heterocycles. The van der Waals surface area contributed by atoms with E-state index < -0.39 is 0 Å². The Hall–Kier alpha value is -0.640. The number of hydrogen-bond acceptors (Lipinski definition) is 3. The molecule has 2 unspecified atom stereocenters. The summed E-state index contributed by atoms with van der Waals surface area (Å²) < 4.78 is 0. The first-order chi connectivity index (χ1) is 7.34. The summed E-state index contributed by atoms with van der Waals surface area (Å²) in [6.45, 7) is 0. The molecule has 0 N–H and O–H groups in total. The monoisotopic (exact) mass is 267 g/mol. The number of hydrogen-bond donors (Lipinski definition) is 0. The number of aromatic nitrogens is 2. The summed E-state index contributed by atoms with van der Waals surface area (Å²) in [5.41, 5.74) is 0. The minimum atomic E-state index is 0.683. The van der Waals surface area contributed by atoms with Crippen molar-refractivity contribution in [2.24, 2.45) is 0 Å². The van der Waals surface area contributed by atoms with Crippen LogP contribution in [0.1, 0.15) is 25.7 Å². The largest absolute Gasteiger partial charge is 0.350 e. The lowest BCUT2D eigenvalue weighted by Gasteiger charge is -2.37. The first-order valence-corrected chi connectivity index (χ1v) is 6.44. The Bertz CT molecular complexity index is 329. The maximum absolute atomic E-state index is 4.37. The van der Waals surface area contributed by atoms with Gasteiger partial charge in [-0.25, -0.2) is 9.97 Å². The van der Waals surface area contributed by atoms with Crippen LogP contribution in [0, 0.1) is 0 Å². The molecule has 2 bridgehead atoms. The number of anilines is 1. The van der Waals surface area contributed by atoms with E-state index in [1.54, 1.807) is 6.33 Å². The molecule has 3 rings (SSSR count). The van der Waals surface area contributed by atoms with Gasteiger partial charge in [0.05, 0.1) is 0 Å². The van der Waals surface area contributed by atoms with Gasteiger partial charge in [-0.3, -0.25) is 0 Å². The molecule has 2 atom stereocenters. The fourth-order valence-electron chi connectivity index (χ4n) is 2.92. The van der Waals surface area contributed by atoms with E-state index in [0.29, 0.717) is 16.9 Å². The van der Waals surface area contributed by atoms with E-state index >= 15 is 0 Å². The van der Waals surface area contributed by atoms with Gasteiger partial charge in [0.25, 0.3) is 0 Å². The van der Waals surface area contributed by atoms with E-state index in [2.05, 4.69) is 30.8 Å². The maximum atomic E-state index is 4.37. The van der Waals surface area contributed by atoms with Gasteiger partial charge in [-0.15, -0.1) is 0 Å². The molecule has 2 aliphatic rings. The molecule has 1 aromatic rings. The Balaban J connectivity index is 1.89. The summed E-state index contributed by atoms with van der Waals surface area (Å²) in [6.07, 6.45) is 8.62. The van der Waals surface area contributed by atoms with Crippen molar-refractivity contribution in [2.75, 3.05) is 4.90 Å². The van der Waals surface area contributed by atoms with E-state index in [9.17, 15) is 0 Å². The Morgan fingerprint density at radius 1 is 1.27 bits per heavy atom. The molecule has 0 aliphatic carbocycles. The van der Waals surface area contributed by atoms with Crippen LogP contribution in [0.5, 0.6) is 0 Å². The van der Waals surface area contributed by atoms with Gasteiger partial charge in [-0.1, -0.05) is 15.9 Å². The van der Waals surface area contributed by atoms with Crippen molar-refractivity contribution in [1.29, 1.82) is 0 Å². The molecule has 2 fully saturated rings. The molecular formula is C11H14BrN3. The van der Waals surface area contributed by atoms with Gasteiger partial charge < -0.3 is 4.90 Å². The molecule has 0 aromatic carbocycles. The second-order valence-electron chi connectivity index (χ2n) is 4.43. The number of piperidine rings is 1. The number of rotatable bonds is 1. The summed E-state index contributed by atoms with van der Waals surface area (Å²) in [5.74, 6) is 1.11. The smallest absolute Gasteiger partial charge is 0.132 e. The summed E-state index contributed by atoms with van der Waals surface area (Å²) in [7, 11) is 0. The Morgan fingerprint density at radius 3 is 2.60 bits per heavy atom. The van der Waals surface area contributed by atoms with Gasteiger partial charge in [0, 0.05) is 23.1 Å². The highest BCUT2D eigenvalue weighted by atomic mass is 79.9. The van der Waals surface area contributed by atoms with Crippen LogP contribution < -0.4 is 4.90 Å². The van der Waals surface area contributed by atoms with Gasteiger partial charge in [0.1, 0.15) is 12.1 Å². The second-order valence-corrected chi connectivity index (χ2v) is 5.72. The lowest BCUT2D eigenvalue weighted by molar-refractivity contribution is 0.479. The molecule has 0 amide bonds. The third-order valence-electron chi connectivity index (χ3n) is 3.51. The average molecular weight is 268 g/mol.